The molecule has 0 bridgehead atoms. The molecular weight excluding hydrogens is 178 g/mol. The van der Waals surface area contributed by atoms with Crippen LogP contribution in [0.15, 0.2) is 12.1 Å². The van der Waals surface area contributed by atoms with Crippen molar-refractivity contribution in [3.63, 3.8) is 0 Å². The molecule has 0 aliphatic carbocycles. The van der Waals surface area contributed by atoms with Crippen LogP contribution >= 0.6 is 11.6 Å². The quantitative estimate of drug-likeness (QED) is 0.560. The van der Waals surface area contributed by atoms with Gasteiger partial charge in [-0.3, -0.25) is 4.79 Å². The zero-order valence-electron chi connectivity index (χ0n) is 6.17. The molecule has 0 saturated carbocycles. The number of hydrogen-bond acceptors (Lipinski definition) is 3. The highest BCUT2D eigenvalue weighted by molar-refractivity contribution is 6.34. The van der Waals surface area contributed by atoms with E-state index in [1.54, 1.807) is 0 Å². The van der Waals surface area contributed by atoms with Crippen LogP contribution in [0.3, 0.4) is 0 Å². The molecule has 0 unspecified atom stereocenters. The highest BCUT2D eigenvalue weighted by atomic mass is 35.5. The van der Waals surface area contributed by atoms with E-state index >= 15 is 0 Å². The third-order valence-corrected chi connectivity index (χ3v) is 1.75. The van der Waals surface area contributed by atoms with Gasteiger partial charge in [-0.25, -0.2) is 0 Å². The van der Waals surface area contributed by atoms with E-state index in [-0.39, 0.29) is 10.6 Å². The number of halogens is 1. The van der Waals surface area contributed by atoms with E-state index in [0.717, 1.165) is 0 Å². The van der Waals surface area contributed by atoms with Crippen molar-refractivity contribution in [3.8, 4) is 0 Å². The molecule has 0 spiro atoms. The van der Waals surface area contributed by atoms with Crippen molar-refractivity contribution < 1.29 is 4.79 Å². The molecule has 6 N–H and O–H groups in total. The Morgan fingerprint density at radius 2 is 1.75 bits per heavy atom. The number of primary amides is 1. The summed E-state index contributed by atoms with van der Waals surface area (Å²) in [5.41, 5.74) is 16.7. The molecule has 12 heavy (non-hydrogen) atoms. The smallest absolute Gasteiger partial charge is 0.250 e. The van der Waals surface area contributed by atoms with Gasteiger partial charge in [0, 0.05) is 0 Å². The maximum atomic E-state index is 10.7. The van der Waals surface area contributed by atoms with Crippen LogP contribution in [0, 0.1) is 0 Å². The van der Waals surface area contributed by atoms with Gasteiger partial charge in [-0.1, -0.05) is 11.6 Å². The van der Waals surface area contributed by atoms with Crippen molar-refractivity contribution in [1.82, 2.24) is 0 Å². The molecule has 1 rings (SSSR count). The van der Waals surface area contributed by atoms with E-state index in [1.807, 2.05) is 0 Å². The lowest BCUT2D eigenvalue weighted by atomic mass is 10.1. The average molecular weight is 186 g/mol. The summed E-state index contributed by atoms with van der Waals surface area (Å²) in [4.78, 5) is 10.7. The Kier molecular flexibility index (Phi) is 2.10. The number of rotatable bonds is 1. The van der Waals surface area contributed by atoms with E-state index in [0.29, 0.717) is 11.4 Å². The molecule has 0 aromatic heterocycles. The van der Waals surface area contributed by atoms with Crippen LogP contribution in [0.2, 0.25) is 5.02 Å². The predicted molar refractivity (Wildman–Crippen MR) is 48.8 cm³/mol. The highest BCUT2D eigenvalue weighted by Crippen LogP contribution is 2.24. The summed E-state index contributed by atoms with van der Waals surface area (Å²) in [6.07, 6.45) is 0. The lowest BCUT2D eigenvalue weighted by molar-refractivity contribution is 0.100. The van der Waals surface area contributed by atoms with Crippen LogP contribution in [0.5, 0.6) is 0 Å². The first kappa shape index (κ1) is 8.67. The molecule has 0 aliphatic heterocycles. The number of anilines is 2. The molecular formula is C7H8ClN3O. The normalized spacial score (nSPS) is 9.75. The number of benzene rings is 1. The Hall–Kier alpha value is -1.42. The van der Waals surface area contributed by atoms with Crippen LogP contribution in [-0.2, 0) is 0 Å². The minimum atomic E-state index is -0.619. The minimum Gasteiger partial charge on any atom is -0.397 e. The Labute approximate surface area is 74.3 Å². The lowest BCUT2D eigenvalue weighted by Gasteiger charge is -2.03. The van der Waals surface area contributed by atoms with Crippen LogP contribution < -0.4 is 17.2 Å². The fourth-order valence-electron chi connectivity index (χ4n) is 0.794. The van der Waals surface area contributed by atoms with Crippen molar-refractivity contribution in [2.45, 2.75) is 0 Å². The SMILES string of the molecule is NC(=O)c1cc(N)c(N)cc1Cl. The molecule has 0 heterocycles. The molecule has 5 heteroatoms. The molecule has 0 radical (unpaired) electrons. The van der Waals surface area contributed by atoms with Crippen LogP contribution in [0.1, 0.15) is 10.4 Å². The van der Waals surface area contributed by atoms with E-state index in [2.05, 4.69) is 0 Å². The van der Waals surface area contributed by atoms with Gasteiger partial charge in [-0.05, 0) is 12.1 Å². The monoisotopic (exact) mass is 185 g/mol. The number of carbonyl (C=O) groups is 1. The molecule has 0 saturated heterocycles. The molecule has 0 fully saturated rings. The maximum Gasteiger partial charge on any atom is 0.250 e. The zero-order valence-corrected chi connectivity index (χ0v) is 6.93. The van der Waals surface area contributed by atoms with Crippen molar-refractivity contribution >= 4 is 28.9 Å². The minimum absolute atomic E-state index is 0.184. The van der Waals surface area contributed by atoms with Crippen LogP contribution in [0.4, 0.5) is 11.4 Å². The summed E-state index contributed by atoms with van der Waals surface area (Å²) in [6, 6.07) is 2.76. The van der Waals surface area contributed by atoms with Gasteiger partial charge >= 0.3 is 0 Å². The Morgan fingerprint density at radius 3 is 2.25 bits per heavy atom. The first-order valence-corrected chi connectivity index (χ1v) is 3.54. The second-order valence-electron chi connectivity index (χ2n) is 2.33. The highest BCUT2D eigenvalue weighted by Gasteiger charge is 2.08. The fourth-order valence-corrected chi connectivity index (χ4v) is 1.06. The first-order valence-electron chi connectivity index (χ1n) is 3.16. The van der Waals surface area contributed by atoms with Gasteiger partial charge in [-0.15, -0.1) is 0 Å². The Balaban J connectivity index is 3.33. The van der Waals surface area contributed by atoms with Crippen LogP contribution in [0.25, 0.3) is 0 Å². The Morgan fingerprint density at radius 1 is 1.25 bits per heavy atom. The number of nitrogens with two attached hydrogens (primary N) is 3. The van der Waals surface area contributed by atoms with Crippen molar-refractivity contribution in [3.05, 3.63) is 22.7 Å². The fraction of sp³-hybridized carbons (Fsp3) is 0. The van der Waals surface area contributed by atoms with E-state index in [4.69, 9.17) is 28.8 Å². The summed E-state index contributed by atoms with van der Waals surface area (Å²) in [5.74, 6) is -0.619. The molecule has 4 nitrogen and oxygen atoms in total. The molecule has 64 valence electrons. The standard InChI is InChI=1S/C7H8ClN3O/c8-4-2-6(10)5(9)1-3(4)7(11)12/h1-2H,9-10H2,(H2,11,12). The predicted octanol–water partition coefficient (Wildman–Crippen LogP) is 0.603. The van der Waals surface area contributed by atoms with Gasteiger partial charge < -0.3 is 17.2 Å². The molecule has 0 aliphatic rings. The van der Waals surface area contributed by atoms with E-state index in [1.165, 1.54) is 12.1 Å². The molecule has 1 aromatic rings. The summed E-state index contributed by atoms with van der Waals surface area (Å²) < 4.78 is 0. The van der Waals surface area contributed by atoms with Gasteiger partial charge in [-0.2, -0.15) is 0 Å². The van der Waals surface area contributed by atoms with Gasteiger partial charge in [0.2, 0.25) is 5.91 Å². The Bertz CT molecular complexity index is 338. The van der Waals surface area contributed by atoms with Gasteiger partial charge in [0.15, 0.2) is 0 Å². The van der Waals surface area contributed by atoms with Gasteiger partial charge in [0.25, 0.3) is 0 Å². The molecule has 1 amide bonds. The second-order valence-corrected chi connectivity index (χ2v) is 2.73. The van der Waals surface area contributed by atoms with E-state index in [9.17, 15) is 4.79 Å². The average Bonchev–Trinajstić information content (AvgIpc) is 1.96. The number of hydrogen-bond donors (Lipinski definition) is 3. The summed E-state index contributed by atoms with van der Waals surface area (Å²) in [5, 5.41) is 0.217. The third-order valence-electron chi connectivity index (χ3n) is 1.44. The topological polar surface area (TPSA) is 95.1 Å². The zero-order chi connectivity index (χ0) is 9.30. The molecule has 0 atom stereocenters. The summed E-state index contributed by atoms with van der Waals surface area (Å²) >= 11 is 5.66. The van der Waals surface area contributed by atoms with Gasteiger partial charge in [0.05, 0.1) is 22.0 Å². The lowest BCUT2D eigenvalue weighted by Crippen LogP contribution is -2.12. The molecule has 1 aromatic carbocycles. The second kappa shape index (κ2) is 2.91. The third kappa shape index (κ3) is 1.43. The van der Waals surface area contributed by atoms with Crippen molar-refractivity contribution in [2.24, 2.45) is 5.73 Å². The maximum absolute atomic E-state index is 10.7. The van der Waals surface area contributed by atoms with Crippen LogP contribution in [-0.4, -0.2) is 5.91 Å². The first-order chi connectivity index (χ1) is 5.52. The number of amides is 1. The van der Waals surface area contributed by atoms with Crippen molar-refractivity contribution in [2.75, 3.05) is 11.5 Å². The van der Waals surface area contributed by atoms with E-state index < -0.39 is 5.91 Å². The largest absolute Gasteiger partial charge is 0.397 e. The van der Waals surface area contributed by atoms with Crippen molar-refractivity contribution in [1.29, 1.82) is 0 Å². The summed E-state index contributed by atoms with van der Waals surface area (Å²) in [6.45, 7) is 0. The summed E-state index contributed by atoms with van der Waals surface area (Å²) in [7, 11) is 0. The number of carbonyl (C=O) groups excluding carboxylic acids is 1. The number of nitrogen functional groups attached to an aromatic ring is 2. The van der Waals surface area contributed by atoms with Gasteiger partial charge in [0.1, 0.15) is 0 Å².